The first-order chi connectivity index (χ1) is 6.85. The van der Waals surface area contributed by atoms with Gasteiger partial charge in [0, 0.05) is 0 Å². The molecule has 1 saturated heterocycles. The summed E-state index contributed by atoms with van der Waals surface area (Å²) in [6.07, 6.45) is 1.79. The predicted octanol–water partition coefficient (Wildman–Crippen LogP) is 1.42. The van der Waals surface area contributed by atoms with E-state index in [2.05, 4.69) is 15.9 Å². The number of rotatable bonds is 5. The fourth-order valence-electron chi connectivity index (χ4n) is 1.26. The Balaban J connectivity index is 2.20. The molecular weight excluding hydrogens is 264 g/mol. The highest BCUT2D eigenvalue weighted by Crippen LogP contribution is 2.23. The van der Waals surface area contributed by atoms with Crippen LogP contribution >= 0.6 is 15.9 Å². The van der Waals surface area contributed by atoms with E-state index in [-0.39, 0.29) is 12.7 Å². The summed E-state index contributed by atoms with van der Waals surface area (Å²) in [5.74, 6) is -0.525. The monoisotopic (exact) mass is 279 g/mol. The molecule has 0 saturated carbocycles. The zero-order valence-corrected chi connectivity index (χ0v) is 10.8. The van der Waals surface area contributed by atoms with E-state index in [0.29, 0.717) is 13.2 Å². The number of carbonyl (C=O) groups excluding carboxylic acids is 1. The van der Waals surface area contributed by atoms with Gasteiger partial charge in [0.05, 0.1) is 19.8 Å². The van der Waals surface area contributed by atoms with Crippen LogP contribution in [0, 0.1) is 0 Å². The quantitative estimate of drug-likeness (QED) is 0.714. The van der Waals surface area contributed by atoms with Gasteiger partial charge in [-0.2, -0.15) is 0 Å². The second kappa shape index (κ2) is 4.91. The Bertz CT molecular complexity index is 227. The topological polar surface area (TPSA) is 44.8 Å². The SMILES string of the molecule is CC(Br)([C]=O)COCC1COC(C)(C)O1. The molecule has 0 aromatic rings. The minimum atomic E-state index is -0.734. The van der Waals surface area contributed by atoms with Gasteiger partial charge in [-0.1, -0.05) is 15.9 Å². The zero-order chi connectivity index (χ0) is 11.5. The lowest BCUT2D eigenvalue weighted by molar-refractivity contribution is -0.145. The van der Waals surface area contributed by atoms with Crippen LogP contribution in [-0.2, 0) is 19.0 Å². The van der Waals surface area contributed by atoms with Gasteiger partial charge in [0.2, 0.25) is 6.29 Å². The lowest BCUT2D eigenvalue weighted by Crippen LogP contribution is -2.29. The van der Waals surface area contributed by atoms with Crippen molar-refractivity contribution in [3.8, 4) is 0 Å². The Morgan fingerprint density at radius 1 is 1.67 bits per heavy atom. The molecule has 15 heavy (non-hydrogen) atoms. The molecule has 87 valence electrons. The largest absolute Gasteiger partial charge is 0.377 e. The van der Waals surface area contributed by atoms with Gasteiger partial charge in [-0.05, 0) is 20.8 Å². The lowest BCUT2D eigenvalue weighted by Gasteiger charge is -2.18. The third kappa shape index (κ3) is 4.59. The van der Waals surface area contributed by atoms with Crippen molar-refractivity contribution in [3.05, 3.63) is 0 Å². The van der Waals surface area contributed by atoms with Gasteiger partial charge < -0.3 is 14.2 Å². The molecule has 1 heterocycles. The molecule has 0 spiro atoms. The summed E-state index contributed by atoms with van der Waals surface area (Å²) in [7, 11) is 0. The van der Waals surface area contributed by atoms with Crippen LogP contribution in [0.2, 0.25) is 0 Å². The predicted molar refractivity (Wildman–Crippen MR) is 58.7 cm³/mol. The van der Waals surface area contributed by atoms with Crippen molar-refractivity contribution in [3.63, 3.8) is 0 Å². The maximum absolute atomic E-state index is 10.4. The van der Waals surface area contributed by atoms with Crippen LogP contribution in [0.15, 0.2) is 0 Å². The fraction of sp³-hybridized carbons (Fsp3) is 0.900. The third-order valence-corrected chi connectivity index (χ3v) is 2.35. The maximum Gasteiger partial charge on any atom is 0.218 e. The van der Waals surface area contributed by atoms with Crippen LogP contribution in [0.5, 0.6) is 0 Å². The average Bonchev–Trinajstić information content (AvgIpc) is 2.45. The molecule has 2 unspecified atom stereocenters. The van der Waals surface area contributed by atoms with Gasteiger partial charge in [0.15, 0.2) is 5.79 Å². The first kappa shape index (κ1) is 13.1. The highest BCUT2D eigenvalue weighted by atomic mass is 79.9. The first-order valence-corrected chi connectivity index (χ1v) is 5.62. The normalized spacial score (nSPS) is 28.7. The van der Waals surface area contributed by atoms with Gasteiger partial charge in [-0.3, -0.25) is 4.79 Å². The van der Waals surface area contributed by atoms with Gasteiger partial charge >= 0.3 is 0 Å². The van der Waals surface area contributed by atoms with Crippen molar-refractivity contribution in [1.29, 1.82) is 0 Å². The van der Waals surface area contributed by atoms with Gasteiger partial charge in [0.25, 0.3) is 0 Å². The smallest absolute Gasteiger partial charge is 0.218 e. The van der Waals surface area contributed by atoms with Crippen LogP contribution in [0.3, 0.4) is 0 Å². The van der Waals surface area contributed by atoms with Crippen LogP contribution in [-0.4, -0.2) is 42.3 Å². The molecule has 1 fully saturated rings. The number of hydrogen-bond acceptors (Lipinski definition) is 4. The Morgan fingerprint density at radius 3 is 2.80 bits per heavy atom. The Labute approximate surface area is 98.4 Å². The van der Waals surface area contributed by atoms with E-state index in [9.17, 15) is 4.79 Å². The van der Waals surface area contributed by atoms with Crippen LogP contribution in [0.4, 0.5) is 0 Å². The molecule has 1 radical (unpaired) electrons. The Morgan fingerprint density at radius 2 is 2.33 bits per heavy atom. The Kier molecular flexibility index (Phi) is 4.29. The minimum absolute atomic E-state index is 0.0602. The van der Waals surface area contributed by atoms with Crippen molar-refractivity contribution >= 4 is 22.2 Å². The van der Waals surface area contributed by atoms with Crippen LogP contribution in [0.1, 0.15) is 20.8 Å². The zero-order valence-electron chi connectivity index (χ0n) is 9.21. The molecular formula is C10H16BrO4. The molecule has 0 aromatic carbocycles. The summed E-state index contributed by atoms with van der Waals surface area (Å²) >= 11 is 3.19. The highest BCUT2D eigenvalue weighted by molar-refractivity contribution is 9.10. The van der Waals surface area contributed by atoms with Crippen molar-refractivity contribution < 1.29 is 19.0 Å². The third-order valence-electron chi connectivity index (χ3n) is 1.96. The molecule has 1 aliphatic heterocycles. The van der Waals surface area contributed by atoms with E-state index in [1.807, 2.05) is 20.1 Å². The molecule has 0 aromatic heterocycles. The number of ether oxygens (including phenoxy) is 3. The average molecular weight is 280 g/mol. The van der Waals surface area contributed by atoms with Gasteiger partial charge in [0.1, 0.15) is 10.4 Å². The van der Waals surface area contributed by atoms with Crippen molar-refractivity contribution in [2.75, 3.05) is 19.8 Å². The minimum Gasteiger partial charge on any atom is -0.377 e. The standard InChI is InChI=1S/C10H16BrO4/c1-9(2)14-5-8(15-9)4-13-7-10(3,11)6-12/h8H,4-5,7H2,1-3H3. The second-order valence-electron chi connectivity index (χ2n) is 4.27. The number of alkyl halides is 1. The van der Waals surface area contributed by atoms with E-state index in [1.165, 1.54) is 0 Å². The van der Waals surface area contributed by atoms with Crippen LogP contribution in [0.25, 0.3) is 0 Å². The van der Waals surface area contributed by atoms with E-state index in [1.54, 1.807) is 6.92 Å². The van der Waals surface area contributed by atoms with Crippen molar-refractivity contribution in [2.24, 2.45) is 0 Å². The summed E-state index contributed by atoms with van der Waals surface area (Å²) in [4.78, 5) is 10.4. The molecule has 4 nitrogen and oxygen atoms in total. The number of hydrogen-bond donors (Lipinski definition) is 0. The second-order valence-corrected chi connectivity index (χ2v) is 6.02. The summed E-state index contributed by atoms with van der Waals surface area (Å²) in [5, 5.41) is 0. The van der Waals surface area contributed by atoms with Gasteiger partial charge in [-0.15, -0.1) is 0 Å². The molecule has 0 aliphatic carbocycles. The molecule has 0 amide bonds. The summed E-state index contributed by atoms with van der Waals surface area (Å²) in [5.41, 5.74) is 0. The fourth-order valence-corrected chi connectivity index (χ4v) is 1.42. The van der Waals surface area contributed by atoms with Crippen molar-refractivity contribution in [1.82, 2.24) is 0 Å². The van der Waals surface area contributed by atoms with E-state index < -0.39 is 10.1 Å². The molecule has 1 rings (SSSR count). The van der Waals surface area contributed by atoms with Gasteiger partial charge in [-0.25, -0.2) is 0 Å². The van der Waals surface area contributed by atoms with E-state index in [4.69, 9.17) is 14.2 Å². The Hall–Kier alpha value is 0.0300. The summed E-state index contributed by atoms with van der Waals surface area (Å²) in [6.45, 7) is 6.65. The van der Waals surface area contributed by atoms with E-state index in [0.717, 1.165) is 0 Å². The summed E-state index contributed by atoms with van der Waals surface area (Å²) < 4.78 is 15.5. The highest BCUT2D eigenvalue weighted by Gasteiger charge is 2.33. The summed E-state index contributed by atoms with van der Waals surface area (Å²) in [6, 6.07) is 0. The number of halogens is 1. The molecule has 5 heteroatoms. The van der Waals surface area contributed by atoms with Crippen LogP contribution < -0.4 is 0 Å². The van der Waals surface area contributed by atoms with E-state index >= 15 is 0 Å². The molecule has 0 bridgehead atoms. The lowest BCUT2D eigenvalue weighted by atomic mass is 10.2. The maximum atomic E-state index is 10.4. The molecule has 2 atom stereocenters. The molecule has 0 N–H and O–H groups in total. The first-order valence-electron chi connectivity index (χ1n) is 4.82. The molecule has 1 aliphatic rings. The van der Waals surface area contributed by atoms with Crippen molar-refractivity contribution in [2.45, 2.75) is 37.0 Å².